The molecule has 0 aliphatic rings. The maximum absolute atomic E-state index is 11.9. The number of nitrogens with zero attached hydrogens (tertiary/aromatic N) is 3. The zero-order chi connectivity index (χ0) is 14.5. The molecule has 1 amide bonds. The molecule has 102 valence electrons. The number of aryl methyl sites for hydroxylation is 1. The molecule has 0 unspecified atom stereocenters. The Morgan fingerprint density at radius 1 is 1.30 bits per heavy atom. The smallest absolute Gasteiger partial charge is 0.269 e. The molecule has 0 atom stereocenters. The molecule has 2 rings (SSSR count). The van der Waals surface area contributed by atoms with Crippen molar-refractivity contribution in [1.82, 2.24) is 15.3 Å². The number of benzene rings is 1. The summed E-state index contributed by atoms with van der Waals surface area (Å²) in [6.45, 7) is 2.11. The van der Waals surface area contributed by atoms with Crippen molar-refractivity contribution in [3.63, 3.8) is 0 Å². The number of rotatable bonds is 4. The first-order valence-corrected chi connectivity index (χ1v) is 5.86. The number of nitrogens with one attached hydrogen (secondary N) is 1. The van der Waals surface area contributed by atoms with Crippen LogP contribution in [0.3, 0.4) is 0 Å². The second kappa shape index (κ2) is 5.87. The van der Waals surface area contributed by atoms with E-state index in [4.69, 9.17) is 0 Å². The summed E-state index contributed by atoms with van der Waals surface area (Å²) in [5.74, 6) is -0.309. The number of carbonyl (C=O) groups is 1. The van der Waals surface area contributed by atoms with Gasteiger partial charge in [-0.25, -0.2) is 9.97 Å². The van der Waals surface area contributed by atoms with E-state index in [1.807, 2.05) is 6.92 Å². The minimum atomic E-state index is -0.509. The van der Waals surface area contributed by atoms with Gasteiger partial charge in [0.15, 0.2) is 0 Å². The van der Waals surface area contributed by atoms with E-state index in [1.54, 1.807) is 6.07 Å². The molecule has 20 heavy (non-hydrogen) atoms. The molecule has 1 heterocycles. The Morgan fingerprint density at radius 2 is 2.00 bits per heavy atom. The number of nitro benzene ring substituents is 1. The van der Waals surface area contributed by atoms with E-state index in [2.05, 4.69) is 15.3 Å². The van der Waals surface area contributed by atoms with Gasteiger partial charge in [0.1, 0.15) is 6.33 Å². The SMILES string of the molecule is Cc1cc(CNC(=O)c2ccc([N+](=O)[O-])cc2)ncn1. The highest BCUT2D eigenvalue weighted by molar-refractivity contribution is 5.94. The van der Waals surface area contributed by atoms with Crippen LogP contribution in [-0.4, -0.2) is 20.8 Å². The number of hydrogen-bond acceptors (Lipinski definition) is 5. The molecule has 7 nitrogen and oxygen atoms in total. The van der Waals surface area contributed by atoms with Gasteiger partial charge in [0.25, 0.3) is 11.6 Å². The van der Waals surface area contributed by atoms with Crippen LogP contribution < -0.4 is 5.32 Å². The van der Waals surface area contributed by atoms with Crippen LogP contribution in [0, 0.1) is 17.0 Å². The van der Waals surface area contributed by atoms with Gasteiger partial charge >= 0.3 is 0 Å². The van der Waals surface area contributed by atoms with Gasteiger partial charge < -0.3 is 5.32 Å². The van der Waals surface area contributed by atoms with Crippen molar-refractivity contribution in [3.05, 3.63) is 63.7 Å². The van der Waals surface area contributed by atoms with Crippen LogP contribution in [0.15, 0.2) is 36.7 Å². The topological polar surface area (TPSA) is 98.0 Å². The lowest BCUT2D eigenvalue weighted by molar-refractivity contribution is -0.384. The number of non-ortho nitro benzene ring substituents is 1. The van der Waals surface area contributed by atoms with Crippen molar-refractivity contribution in [2.75, 3.05) is 0 Å². The van der Waals surface area contributed by atoms with Crippen LogP contribution in [0.25, 0.3) is 0 Å². The zero-order valence-electron chi connectivity index (χ0n) is 10.7. The highest BCUT2D eigenvalue weighted by Gasteiger charge is 2.09. The summed E-state index contributed by atoms with van der Waals surface area (Å²) in [5.41, 5.74) is 1.83. The van der Waals surface area contributed by atoms with Gasteiger partial charge in [0.05, 0.1) is 17.2 Å². The van der Waals surface area contributed by atoms with Crippen molar-refractivity contribution in [2.45, 2.75) is 13.5 Å². The number of amides is 1. The molecule has 0 saturated heterocycles. The number of carbonyl (C=O) groups excluding carboxylic acids is 1. The van der Waals surface area contributed by atoms with Crippen LogP contribution in [0.1, 0.15) is 21.7 Å². The average Bonchev–Trinajstić information content (AvgIpc) is 2.45. The number of nitro groups is 1. The molecule has 0 fully saturated rings. The molecular formula is C13H12N4O3. The van der Waals surface area contributed by atoms with E-state index < -0.39 is 4.92 Å². The highest BCUT2D eigenvalue weighted by atomic mass is 16.6. The predicted molar refractivity (Wildman–Crippen MR) is 71.0 cm³/mol. The van der Waals surface area contributed by atoms with E-state index in [1.165, 1.54) is 30.6 Å². The van der Waals surface area contributed by atoms with Gasteiger partial charge in [-0.2, -0.15) is 0 Å². The molecule has 1 aromatic carbocycles. The summed E-state index contributed by atoms with van der Waals surface area (Å²) >= 11 is 0. The van der Waals surface area contributed by atoms with Crippen molar-refractivity contribution >= 4 is 11.6 Å². The predicted octanol–water partition coefficient (Wildman–Crippen LogP) is 1.62. The lowest BCUT2D eigenvalue weighted by atomic mass is 10.2. The van der Waals surface area contributed by atoms with E-state index >= 15 is 0 Å². The molecule has 1 aromatic heterocycles. The minimum Gasteiger partial charge on any atom is -0.346 e. The maximum Gasteiger partial charge on any atom is 0.269 e. The van der Waals surface area contributed by atoms with Gasteiger partial charge in [-0.1, -0.05) is 0 Å². The largest absolute Gasteiger partial charge is 0.346 e. The third-order valence-corrected chi connectivity index (χ3v) is 2.63. The quantitative estimate of drug-likeness (QED) is 0.673. The molecule has 2 aromatic rings. The van der Waals surface area contributed by atoms with E-state index in [0.717, 1.165) is 5.69 Å². The fraction of sp³-hybridized carbons (Fsp3) is 0.154. The first-order valence-electron chi connectivity index (χ1n) is 5.86. The van der Waals surface area contributed by atoms with Crippen molar-refractivity contribution in [2.24, 2.45) is 0 Å². The molecule has 7 heteroatoms. The summed E-state index contributed by atoms with van der Waals surface area (Å²) < 4.78 is 0. The first-order chi connectivity index (χ1) is 9.56. The van der Waals surface area contributed by atoms with E-state index in [9.17, 15) is 14.9 Å². The Labute approximate surface area is 114 Å². The lowest BCUT2D eigenvalue weighted by Crippen LogP contribution is -2.23. The number of aromatic nitrogens is 2. The van der Waals surface area contributed by atoms with E-state index in [0.29, 0.717) is 11.3 Å². The van der Waals surface area contributed by atoms with Gasteiger partial charge in [0.2, 0.25) is 0 Å². The van der Waals surface area contributed by atoms with Crippen LogP contribution in [0.5, 0.6) is 0 Å². The first kappa shape index (κ1) is 13.6. The molecule has 0 bridgehead atoms. The Balaban J connectivity index is 1.99. The van der Waals surface area contributed by atoms with E-state index in [-0.39, 0.29) is 18.1 Å². The van der Waals surface area contributed by atoms with Gasteiger partial charge in [-0.15, -0.1) is 0 Å². The summed E-state index contributed by atoms with van der Waals surface area (Å²) in [7, 11) is 0. The number of hydrogen-bond donors (Lipinski definition) is 1. The normalized spacial score (nSPS) is 10.1. The van der Waals surface area contributed by atoms with Crippen LogP contribution >= 0.6 is 0 Å². The highest BCUT2D eigenvalue weighted by Crippen LogP contribution is 2.11. The molecule has 0 aliphatic heterocycles. The Hall–Kier alpha value is -2.83. The molecule has 0 aliphatic carbocycles. The molecule has 0 radical (unpaired) electrons. The second-order valence-electron chi connectivity index (χ2n) is 4.14. The van der Waals surface area contributed by atoms with Crippen molar-refractivity contribution in [3.8, 4) is 0 Å². The maximum atomic E-state index is 11.9. The lowest BCUT2D eigenvalue weighted by Gasteiger charge is -2.05. The van der Waals surface area contributed by atoms with Gasteiger partial charge in [0, 0.05) is 23.4 Å². The third-order valence-electron chi connectivity index (χ3n) is 2.63. The summed E-state index contributed by atoms with van der Waals surface area (Å²) in [6.07, 6.45) is 1.43. The summed E-state index contributed by atoms with van der Waals surface area (Å²) in [5, 5.41) is 13.2. The van der Waals surface area contributed by atoms with Crippen LogP contribution in [0.2, 0.25) is 0 Å². The Bertz CT molecular complexity index is 640. The van der Waals surface area contributed by atoms with Crippen molar-refractivity contribution < 1.29 is 9.72 Å². The average molecular weight is 272 g/mol. The fourth-order valence-electron chi connectivity index (χ4n) is 1.61. The van der Waals surface area contributed by atoms with Crippen LogP contribution in [0.4, 0.5) is 5.69 Å². The Kier molecular flexibility index (Phi) is 3.99. The minimum absolute atomic E-state index is 0.0482. The zero-order valence-corrected chi connectivity index (χ0v) is 10.7. The van der Waals surface area contributed by atoms with Gasteiger partial charge in [-0.05, 0) is 25.1 Å². The van der Waals surface area contributed by atoms with Gasteiger partial charge in [-0.3, -0.25) is 14.9 Å². The Morgan fingerprint density at radius 3 is 2.60 bits per heavy atom. The standard InChI is InChI=1S/C13H12N4O3/c1-9-6-11(16-8-15-9)7-14-13(18)10-2-4-12(5-3-10)17(19)20/h2-6,8H,7H2,1H3,(H,14,18). The molecule has 0 spiro atoms. The fourth-order valence-corrected chi connectivity index (χ4v) is 1.61. The molecular weight excluding hydrogens is 260 g/mol. The third kappa shape index (κ3) is 3.35. The second-order valence-corrected chi connectivity index (χ2v) is 4.14. The van der Waals surface area contributed by atoms with Crippen LogP contribution in [-0.2, 0) is 6.54 Å². The summed E-state index contributed by atoms with van der Waals surface area (Å²) in [6, 6.07) is 7.20. The summed E-state index contributed by atoms with van der Waals surface area (Å²) in [4.78, 5) is 29.9. The molecule has 1 N–H and O–H groups in total. The molecule has 0 saturated carbocycles. The monoisotopic (exact) mass is 272 g/mol. The van der Waals surface area contributed by atoms with Crippen molar-refractivity contribution in [1.29, 1.82) is 0 Å².